The highest BCUT2D eigenvalue weighted by Gasteiger charge is 2.01. The van der Waals surface area contributed by atoms with Gasteiger partial charge < -0.3 is 0 Å². The maximum absolute atomic E-state index is 5.66. The van der Waals surface area contributed by atoms with Crippen molar-refractivity contribution in [2.75, 3.05) is 0 Å². The molecule has 2 heterocycles. The molecule has 0 aliphatic heterocycles. The molecule has 56 valence electrons. The van der Waals surface area contributed by atoms with Gasteiger partial charge in [-0.1, -0.05) is 11.6 Å². The van der Waals surface area contributed by atoms with E-state index in [4.69, 9.17) is 11.6 Å². The lowest BCUT2D eigenvalue weighted by molar-refractivity contribution is 0.894. The Hall–Kier alpha value is -0.430. The number of halogens is 2. The summed E-state index contributed by atoms with van der Waals surface area (Å²) in [5.74, 6) is 0. The highest BCUT2D eigenvalue weighted by molar-refractivity contribution is 14.1. The lowest BCUT2D eigenvalue weighted by Gasteiger charge is -1.90. The van der Waals surface area contributed by atoms with Crippen LogP contribution in [0.2, 0.25) is 5.15 Å². The topological polar surface area (TPSA) is 43.1 Å². The van der Waals surface area contributed by atoms with Crippen molar-refractivity contribution in [2.24, 2.45) is 0 Å². The zero-order chi connectivity index (χ0) is 7.84. The second kappa shape index (κ2) is 2.56. The molecule has 0 unspecified atom stereocenters. The average molecular weight is 280 g/mol. The van der Waals surface area contributed by atoms with Gasteiger partial charge in [0.1, 0.15) is 5.15 Å². The first-order valence-electron chi connectivity index (χ1n) is 2.81. The zero-order valence-corrected chi connectivity index (χ0v) is 8.11. The van der Waals surface area contributed by atoms with E-state index in [1.165, 1.54) is 0 Å². The van der Waals surface area contributed by atoms with Crippen molar-refractivity contribution in [3.8, 4) is 0 Å². The van der Waals surface area contributed by atoms with Gasteiger partial charge >= 0.3 is 0 Å². The van der Waals surface area contributed by atoms with E-state index in [-0.39, 0.29) is 0 Å². The molecule has 0 spiro atoms. The molecule has 4 nitrogen and oxygen atoms in total. The Bertz CT molecular complexity index is 398. The molecule has 2 aromatic heterocycles. The summed E-state index contributed by atoms with van der Waals surface area (Å²) in [6.07, 6.45) is 0. The molecule has 6 heteroatoms. The van der Waals surface area contributed by atoms with Crippen LogP contribution in [0.3, 0.4) is 0 Å². The minimum atomic E-state index is 0.440. The van der Waals surface area contributed by atoms with Crippen LogP contribution in [0.15, 0.2) is 12.1 Å². The Kier molecular flexibility index (Phi) is 1.68. The monoisotopic (exact) mass is 280 g/mol. The van der Waals surface area contributed by atoms with Gasteiger partial charge in [-0.3, -0.25) is 0 Å². The van der Waals surface area contributed by atoms with Crippen LogP contribution in [0.4, 0.5) is 0 Å². The van der Waals surface area contributed by atoms with Crippen LogP contribution >= 0.6 is 34.2 Å². The predicted octanol–water partition coefficient (Wildman–Crippen LogP) is 1.38. The van der Waals surface area contributed by atoms with E-state index in [2.05, 4.69) is 15.3 Å². The quantitative estimate of drug-likeness (QED) is 0.685. The third-order valence-corrected chi connectivity index (χ3v) is 2.07. The van der Waals surface area contributed by atoms with E-state index in [9.17, 15) is 0 Å². The molecule has 0 aromatic carbocycles. The summed E-state index contributed by atoms with van der Waals surface area (Å²) in [7, 11) is 0. The van der Waals surface area contributed by atoms with Crippen LogP contribution in [-0.2, 0) is 0 Å². The standard InChI is InChI=1S/C5H2ClIN4/c6-3-1-2-4-8-9-5(7)11(4)10-3/h1-2H. The summed E-state index contributed by atoms with van der Waals surface area (Å²) in [5.41, 5.74) is 0.707. The Morgan fingerprint density at radius 2 is 2.18 bits per heavy atom. The van der Waals surface area contributed by atoms with Gasteiger partial charge in [-0.05, 0) is 12.1 Å². The van der Waals surface area contributed by atoms with Gasteiger partial charge in [-0.15, -0.1) is 10.2 Å². The molecule has 0 atom stereocenters. The molecule has 0 fully saturated rings. The first kappa shape index (κ1) is 7.23. The molecule has 2 aromatic rings. The van der Waals surface area contributed by atoms with Crippen molar-refractivity contribution in [1.29, 1.82) is 0 Å². The zero-order valence-electron chi connectivity index (χ0n) is 5.20. The predicted molar refractivity (Wildman–Crippen MR) is 48.5 cm³/mol. The third kappa shape index (κ3) is 1.18. The minimum Gasteiger partial charge on any atom is -0.186 e. The van der Waals surface area contributed by atoms with Crippen molar-refractivity contribution < 1.29 is 0 Å². The minimum absolute atomic E-state index is 0.440. The molecule has 0 radical (unpaired) electrons. The molecule has 11 heavy (non-hydrogen) atoms. The lowest BCUT2D eigenvalue weighted by Crippen LogP contribution is -1.93. The Morgan fingerprint density at radius 1 is 1.36 bits per heavy atom. The fraction of sp³-hybridized carbons (Fsp3) is 0. The number of hydrogen-bond acceptors (Lipinski definition) is 3. The summed E-state index contributed by atoms with van der Waals surface area (Å²) in [4.78, 5) is 0. The summed E-state index contributed by atoms with van der Waals surface area (Å²) in [5, 5.41) is 12.1. The van der Waals surface area contributed by atoms with Gasteiger partial charge in [0.15, 0.2) is 5.65 Å². The number of nitrogens with zero attached hydrogens (tertiary/aromatic N) is 4. The van der Waals surface area contributed by atoms with Crippen molar-refractivity contribution >= 4 is 39.8 Å². The molecule has 2 rings (SSSR count). The van der Waals surface area contributed by atoms with Gasteiger partial charge in [-0.25, -0.2) is 0 Å². The Balaban J connectivity index is 2.87. The Morgan fingerprint density at radius 3 is 3.00 bits per heavy atom. The maximum atomic E-state index is 5.66. The normalized spacial score (nSPS) is 10.7. The lowest BCUT2D eigenvalue weighted by atomic mass is 10.6. The maximum Gasteiger partial charge on any atom is 0.215 e. The second-order valence-corrected chi connectivity index (χ2v) is 3.25. The highest BCUT2D eigenvalue weighted by atomic mass is 127. The summed E-state index contributed by atoms with van der Waals surface area (Å²) < 4.78 is 2.29. The van der Waals surface area contributed by atoms with E-state index >= 15 is 0 Å². The Labute approximate surface area is 80.7 Å². The van der Waals surface area contributed by atoms with Gasteiger partial charge in [0.25, 0.3) is 0 Å². The van der Waals surface area contributed by atoms with Gasteiger partial charge in [-0.2, -0.15) is 9.61 Å². The third-order valence-electron chi connectivity index (χ3n) is 1.19. The van der Waals surface area contributed by atoms with Crippen LogP contribution in [0.5, 0.6) is 0 Å². The summed E-state index contributed by atoms with van der Waals surface area (Å²) >= 11 is 7.69. The molecule has 0 saturated carbocycles. The van der Waals surface area contributed by atoms with E-state index < -0.39 is 0 Å². The summed E-state index contributed by atoms with van der Waals surface area (Å²) in [6.45, 7) is 0. The largest absolute Gasteiger partial charge is 0.215 e. The van der Waals surface area contributed by atoms with Crippen molar-refractivity contribution in [2.45, 2.75) is 0 Å². The van der Waals surface area contributed by atoms with Crippen molar-refractivity contribution in [3.05, 3.63) is 21.1 Å². The average Bonchev–Trinajstić information content (AvgIpc) is 2.33. The van der Waals surface area contributed by atoms with Crippen molar-refractivity contribution in [1.82, 2.24) is 19.8 Å². The molecular weight excluding hydrogens is 278 g/mol. The van der Waals surface area contributed by atoms with Crippen LogP contribution in [-0.4, -0.2) is 19.8 Å². The molecule has 0 amide bonds. The van der Waals surface area contributed by atoms with Crippen LogP contribution < -0.4 is 0 Å². The molecular formula is C5H2ClIN4. The fourth-order valence-electron chi connectivity index (χ4n) is 0.740. The van der Waals surface area contributed by atoms with Gasteiger partial charge in [0.2, 0.25) is 3.83 Å². The smallest absolute Gasteiger partial charge is 0.186 e. The van der Waals surface area contributed by atoms with Crippen molar-refractivity contribution in [3.63, 3.8) is 0 Å². The van der Waals surface area contributed by atoms with Gasteiger partial charge in [0, 0.05) is 22.6 Å². The number of hydrogen-bond donors (Lipinski definition) is 0. The highest BCUT2D eigenvalue weighted by Crippen LogP contribution is 2.07. The fourth-order valence-corrected chi connectivity index (χ4v) is 1.34. The van der Waals surface area contributed by atoms with Crippen LogP contribution in [0.1, 0.15) is 0 Å². The molecule has 0 saturated heterocycles. The molecule has 0 aliphatic rings. The SMILES string of the molecule is Clc1ccc2nnc(I)n2n1. The first-order valence-corrected chi connectivity index (χ1v) is 4.26. The molecule has 0 N–H and O–H groups in total. The molecule has 0 bridgehead atoms. The van der Waals surface area contributed by atoms with Crippen LogP contribution in [0, 0.1) is 3.83 Å². The van der Waals surface area contributed by atoms with Crippen LogP contribution in [0.25, 0.3) is 5.65 Å². The van der Waals surface area contributed by atoms with E-state index in [1.54, 1.807) is 16.6 Å². The number of fused-ring (bicyclic) bond motifs is 1. The number of rotatable bonds is 0. The van der Waals surface area contributed by atoms with E-state index in [0.29, 0.717) is 14.6 Å². The first-order chi connectivity index (χ1) is 5.27. The summed E-state index contributed by atoms with van der Waals surface area (Å²) in [6, 6.07) is 3.45. The van der Waals surface area contributed by atoms with E-state index in [0.717, 1.165) is 0 Å². The molecule has 0 aliphatic carbocycles. The second-order valence-electron chi connectivity index (χ2n) is 1.90. The van der Waals surface area contributed by atoms with E-state index in [1.807, 2.05) is 22.6 Å². The number of aromatic nitrogens is 4. The van der Waals surface area contributed by atoms with Gasteiger partial charge in [0.05, 0.1) is 0 Å².